The zero-order valence-electron chi connectivity index (χ0n) is 17.9. The number of benzene rings is 1. The largest absolute Gasteiger partial charge is 0.494 e. The van der Waals surface area contributed by atoms with Gasteiger partial charge < -0.3 is 19.7 Å². The standard InChI is InChI=1S/C21H25N7O3/c1-12-10-28(11-13(2)25-12)17-6-5-15(18-16(17)9-24-21(26-18)31-4)19(29)27-20-22-7-14(30-3)8-23-20/h5-9,12-13,25H,10-11H2,1-4H3,(H,22,23,27,29)/t12-,13-/m1/s1. The molecular formula is C21H25N7O3. The Morgan fingerprint density at radius 2 is 1.77 bits per heavy atom. The molecule has 1 aliphatic heterocycles. The fraction of sp³-hybridized carbons (Fsp3) is 0.381. The monoisotopic (exact) mass is 423 g/mol. The molecule has 0 unspecified atom stereocenters. The average molecular weight is 423 g/mol. The highest BCUT2D eigenvalue weighted by Gasteiger charge is 2.24. The maximum absolute atomic E-state index is 13.0. The highest BCUT2D eigenvalue weighted by molar-refractivity contribution is 6.13. The van der Waals surface area contributed by atoms with Crippen LogP contribution in [0.1, 0.15) is 24.2 Å². The molecule has 1 amide bonds. The van der Waals surface area contributed by atoms with Crippen LogP contribution in [0.5, 0.6) is 11.8 Å². The Balaban J connectivity index is 1.72. The number of aromatic nitrogens is 4. The molecule has 4 rings (SSSR count). The molecule has 1 saturated heterocycles. The van der Waals surface area contributed by atoms with Gasteiger partial charge in [0.2, 0.25) is 5.95 Å². The summed E-state index contributed by atoms with van der Waals surface area (Å²) in [6, 6.07) is 4.58. The predicted octanol–water partition coefficient (Wildman–Crippen LogP) is 1.88. The lowest BCUT2D eigenvalue weighted by atomic mass is 10.0. The molecule has 2 N–H and O–H groups in total. The van der Waals surface area contributed by atoms with E-state index in [1.54, 1.807) is 12.3 Å². The molecule has 162 valence electrons. The van der Waals surface area contributed by atoms with Crippen molar-refractivity contribution < 1.29 is 14.3 Å². The zero-order valence-corrected chi connectivity index (χ0v) is 17.9. The highest BCUT2D eigenvalue weighted by Crippen LogP contribution is 2.30. The van der Waals surface area contributed by atoms with Crippen molar-refractivity contribution in [2.75, 3.05) is 37.5 Å². The Hall–Kier alpha value is -3.53. The van der Waals surface area contributed by atoms with Gasteiger partial charge in [-0.05, 0) is 26.0 Å². The van der Waals surface area contributed by atoms with Gasteiger partial charge in [0, 0.05) is 42.4 Å². The number of methoxy groups -OCH3 is 2. The molecule has 1 aromatic carbocycles. The summed E-state index contributed by atoms with van der Waals surface area (Å²) in [5, 5.41) is 7.02. The van der Waals surface area contributed by atoms with Gasteiger partial charge in [0.1, 0.15) is 0 Å². The number of amides is 1. The molecule has 0 bridgehead atoms. The topological polar surface area (TPSA) is 114 Å². The number of fused-ring (bicyclic) bond motifs is 1. The molecule has 2 atom stereocenters. The normalized spacial score (nSPS) is 18.6. The van der Waals surface area contributed by atoms with Crippen LogP contribution in [0.4, 0.5) is 11.6 Å². The smallest absolute Gasteiger partial charge is 0.316 e. The molecule has 10 nitrogen and oxygen atoms in total. The third-order valence-corrected chi connectivity index (χ3v) is 5.12. The van der Waals surface area contributed by atoms with Crippen molar-refractivity contribution >= 4 is 28.4 Å². The molecule has 1 aliphatic rings. The lowest BCUT2D eigenvalue weighted by Crippen LogP contribution is -2.54. The van der Waals surface area contributed by atoms with E-state index in [0.717, 1.165) is 24.2 Å². The molecule has 10 heteroatoms. The predicted molar refractivity (Wildman–Crippen MR) is 117 cm³/mol. The van der Waals surface area contributed by atoms with E-state index in [2.05, 4.69) is 49.3 Å². The number of hydrogen-bond acceptors (Lipinski definition) is 9. The fourth-order valence-corrected chi connectivity index (χ4v) is 3.83. The first-order valence-electron chi connectivity index (χ1n) is 10.0. The van der Waals surface area contributed by atoms with E-state index < -0.39 is 0 Å². The van der Waals surface area contributed by atoms with Crippen LogP contribution in [0.3, 0.4) is 0 Å². The summed E-state index contributed by atoms with van der Waals surface area (Å²) in [6.45, 7) is 6.00. The Kier molecular flexibility index (Phi) is 5.81. The second-order valence-corrected chi connectivity index (χ2v) is 7.53. The molecule has 2 aromatic heterocycles. The van der Waals surface area contributed by atoms with Crippen LogP contribution in [0.15, 0.2) is 30.7 Å². The number of nitrogens with zero attached hydrogens (tertiary/aromatic N) is 5. The Morgan fingerprint density at radius 3 is 2.42 bits per heavy atom. The molecule has 0 radical (unpaired) electrons. The summed E-state index contributed by atoms with van der Waals surface area (Å²) in [4.78, 5) is 32.3. The number of rotatable bonds is 5. The summed E-state index contributed by atoms with van der Waals surface area (Å²) < 4.78 is 10.3. The number of hydrogen-bond donors (Lipinski definition) is 2. The maximum Gasteiger partial charge on any atom is 0.316 e. The zero-order chi connectivity index (χ0) is 22.0. The first-order valence-corrected chi connectivity index (χ1v) is 10.0. The summed E-state index contributed by atoms with van der Waals surface area (Å²) in [5.74, 6) is 0.308. The van der Waals surface area contributed by atoms with Crippen molar-refractivity contribution in [2.24, 2.45) is 0 Å². The molecule has 0 saturated carbocycles. The van der Waals surface area contributed by atoms with Crippen LogP contribution in [0, 0.1) is 0 Å². The van der Waals surface area contributed by atoms with Crippen molar-refractivity contribution in [1.29, 1.82) is 0 Å². The van der Waals surface area contributed by atoms with Gasteiger partial charge >= 0.3 is 6.01 Å². The van der Waals surface area contributed by atoms with E-state index in [9.17, 15) is 4.79 Å². The number of nitrogens with one attached hydrogen (secondary N) is 2. The highest BCUT2D eigenvalue weighted by atomic mass is 16.5. The van der Waals surface area contributed by atoms with E-state index >= 15 is 0 Å². The maximum atomic E-state index is 13.0. The van der Waals surface area contributed by atoms with E-state index in [1.165, 1.54) is 26.6 Å². The lowest BCUT2D eigenvalue weighted by Gasteiger charge is -2.38. The molecule has 0 spiro atoms. The van der Waals surface area contributed by atoms with Crippen molar-refractivity contribution in [2.45, 2.75) is 25.9 Å². The van der Waals surface area contributed by atoms with Gasteiger partial charge in [0.15, 0.2) is 5.75 Å². The second-order valence-electron chi connectivity index (χ2n) is 7.53. The quantitative estimate of drug-likeness (QED) is 0.635. The van der Waals surface area contributed by atoms with E-state index in [4.69, 9.17) is 9.47 Å². The van der Waals surface area contributed by atoms with Crippen LogP contribution >= 0.6 is 0 Å². The number of carbonyl (C=O) groups is 1. The minimum Gasteiger partial charge on any atom is -0.494 e. The first-order chi connectivity index (χ1) is 15.0. The molecule has 0 aliphatic carbocycles. The van der Waals surface area contributed by atoms with E-state index in [1.807, 2.05) is 6.07 Å². The fourth-order valence-electron chi connectivity index (χ4n) is 3.83. The molecule has 3 heterocycles. The second kappa shape index (κ2) is 8.68. The third kappa shape index (κ3) is 4.33. The number of anilines is 2. The SMILES string of the molecule is COc1cnc(NC(=O)c2ccc(N3C[C@@H](C)N[C@H](C)C3)c3cnc(OC)nc23)nc1. The molecule has 3 aromatic rings. The minimum absolute atomic E-state index is 0.175. The van der Waals surface area contributed by atoms with Crippen LogP contribution in [0.2, 0.25) is 0 Å². The first kappa shape index (κ1) is 20.7. The summed E-state index contributed by atoms with van der Waals surface area (Å²) >= 11 is 0. The molecular weight excluding hydrogens is 398 g/mol. The van der Waals surface area contributed by atoms with Crippen LogP contribution in [0.25, 0.3) is 10.9 Å². The van der Waals surface area contributed by atoms with E-state index in [-0.39, 0.29) is 17.9 Å². The van der Waals surface area contributed by atoms with Gasteiger partial charge in [-0.15, -0.1) is 0 Å². The molecule has 1 fully saturated rings. The lowest BCUT2D eigenvalue weighted by molar-refractivity contribution is 0.102. The third-order valence-electron chi connectivity index (χ3n) is 5.12. The van der Waals surface area contributed by atoms with Gasteiger partial charge in [-0.25, -0.2) is 15.0 Å². The summed E-state index contributed by atoms with van der Waals surface area (Å²) in [5.41, 5.74) is 1.87. The summed E-state index contributed by atoms with van der Waals surface area (Å²) in [6.07, 6.45) is 4.68. The van der Waals surface area contributed by atoms with Crippen molar-refractivity contribution in [3.8, 4) is 11.8 Å². The average Bonchev–Trinajstić information content (AvgIpc) is 2.77. The van der Waals surface area contributed by atoms with Gasteiger partial charge in [0.25, 0.3) is 5.91 Å². The molecule has 31 heavy (non-hydrogen) atoms. The summed E-state index contributed by atoms with van der Waals surface area (Å²) in [7, 11) is 3.02. The van der Waals surface area contributed by atoms with Crippen LogP contribution in [-0.4, -0.2) is 65.2 Å². The Labute approximate surface area is 180 Å². The van der Waals surface area contributed by atoms with E-state index in [0.29, 0.717) is 28.9 Å². The van der Waals surface area contributed by atoms with Crippen molar-refractivity contribution in [3.63, 3.8) is 0 Å². The van der Waals surface area contributed by atoms with Gasteiger partial charge in [0.05, 0.1) is 37.7 Å². The minimum atomic E-state index is -0.371. The number of piperazine rings is 1. The van der Waals surface area contributed by atoms with Crippen LogP contribution < -0.4 is 25.0 Å². The van der Waals surface area contributed by atoms with Crippen molar-refractivity contribution in [1.82, 2.24) is 25.3 Å². The van der Waals surface area contributed by atoms with Crippen molar-refractivity contribution in [3.05, 3.63) is 36.3 Å². The Bertz CT molecular complexity index is 1080. The number of ether oxygens (including phenoxy) is 2. The Morgan fingerprint density at radius 1 is 1.06 bits per heavy atom. The van der Waals surface area contributed by atoms with Gasteiger partial charge in [-0.2, -0.15) is 4.98 Å². The van der Waals surface area contributed by atoms with Gasteiger partial charge in [-0.1, -0.05) is 0 Å². The number of carbonyl (C=O) groups excluding carboxylic acids is 1. The van der Waals surface area contributed by atoms with Gasteiger partial charge in [-0.3, -0.25) is 10.1 Å². The van der Waals surface area contributed by atoms with Crippen LogP contribution in [-0.2, 0) is 0 Å².